The standard InChI is InChI=1S/C25H22F3N5O4/c26-25(27,28)37-21-8-6-16(10-20(21)29-23(34)13-33-12-18-11-17(33)14-36-18)24(35)30-22-9-7-19(31-32-22)15-4-2-1-3-5-15/h1-10,17-18H,11-14H2,(H,29,34)(H,30,32,35)/t17-,18?/m0/s1. The minimum atomic E-state index is -4.98. The lowest BCUT2D eigenvalue weighted by Gasteiger charge is -2.26. The predicted octanol–water partition coefficient (Wildman–Crippen LogP) is 3.71. The number of alkyl halides is 3. The fraction of sp³-hybridized carbons (Fsp3) is 0.280. The van der Waals surface area contributed by atoms with E-state index in [2.05, 4.69) is 25.6 Å². The van der Waals surface area contributed by atoms with Crippen LogP contribution in [0, 0.1) is 0 Å². The third-order valence-corrected chi connectivity index (χ3v) is 6.08. The maximum absolute atomic E-state index is 12.9. The van der Waals surface area contributed by atoms with Crippen LogP contribution in [0.4, 0.5) is 24.7 Å². The summed E-state index contributed by atoms with van der Waals surface area (Å²) in [5.74, 6) is -1.66. The largest absolute Gasteiger partial charge is 0.573 e. The zero-order valence-electron chi connectivity index (χ0n) is 19.4. The van der Waals surface area contributed by atoms with Crippen LogP contribution in [-0.4, -0.2) is 65.1 Å². The first-order valence-electron chi connectivity index (χ1n) is 11.5. The molecule has 0 saturated carbocycles. The van der Waals surface area contributed by atoms with E-state index in [9.17, 15) is 22.8 Å². The molecule has 1 unspecified atom stereocenters. The number of amides is 2. The van der Waals surface area contributed by atoms with Crippen molar-refractivity contribution in [3.63, 3.8) is 0 Å². The van der Waals surface area contributed by atoms with Gasteiger partial charge in [-0.3, -0.25) is 14.5 Å². The number of benzene rings is 2. The zero-order valence-corrected chi connectivity index (χ0v) is 19.4. The quantitative estimate of drug-likeness (QED) is 0.496. The number of nitrogens with zero attached hydrogens (tertiary/aromatic N) is 3. The summed E-state index contributed by atoms with van der Waals surface area (Å²) in [6.45, 7) is 1.08. The summed E-state index contributed by atoms with van der Waals surface area (Å²) in [7, 11) is 0. The number of ether oxygens (including phenoxy) is 2. The number of halogens is 3. The van der Waals surface area contributed by atoms with Crippen molar-refractivity contribution >= 4 is 23.3 Å². The molecule has 0 aliphatic carbocycles. The normalized spacial score (nSPS) is 19.0. The van der Waals surface area contributed by atoms with Crippen molar-refractivity contribution < 1.29 is 32.2 Å². The molecule has 2 aliphatic heterocycles. The topological polar surface area (TPSA) is 106 Å². The molecule has 2 aliphatic rings. The molecule has 9 nitrogen and oxygen atoms in total. The van der Waals surface area contributed by atoms with Crippen molar-refractivity contribution in [2.45, 2.75) is 24.9 Å². The van der Waals surface area contributed by atoms with E-state index < -0.39 is 23.9 Å². The Labute approximate surface area is 209 Å². The van der Waals surface area contributed by atoms with Gasteiger partial charge in [-0.05, 0) is 36.8 Å². The van der Waals surface area contributed by atoms with E-state index in [4.69, 9.17) is 4.74 Å². The van der Waals surface area contributed by atoms with E-state index in [1.54, 1.807) is 12.1 Å². The van der Waals surface area contributed by atoms with Gasteiger partial charge in [0, 0.05) is 23.7 Å². The molecule has 0 radical (unpaired) electrons. The van der Waals surface area contributed by atoms with Gasteiger partial charge in [-0.1, -0.05) is 30.3 Å². The molecule has 3 aromatic rings. The van der Waals surface area contributed by atoms with Crippen LogP contribution in [0.2, 0.25) is 0 Å². The van der Waals surface area contributed by atoms with Crippen LogP contribution in [0.1, 0.15) is 16.8 Å². The van der Waals surface area contributed by atoms with Gasteiger partial charge in [-0.15, -0.1) is 23.4 Å². The molecule has 0 spiro atoms. The molecule has 192 valence electrons. The number of rotatable bonds is 7. The van der Waals surface area contributed by atoms with E-state index in [1.807, 2.05) is 35.2 Å². The second kappa shape index (κ2) is 10.1. The van der Waals surface area contributed by atoms with Crippen LogP contribution in [0.3, 0.4) is 0 Å². The van der Waals surface area contributed by atoms with Crippen LogP contribution < -0.4 is 15.4 Å². The highest BCUT2D eigenvalue weighted by molar-refractivity contribution is 6.05. The number of likely N-dealkylation sites (tertiary alicyclic amines) is 1. The van der Waals surface area contributed by atoms with Crippen molar-refractivity contribution in [1.29, 1.82) is 0 Å². The van der Waals surface area contributed by atoms with Crippen molar-refractivity contribution in [2.75, 3.05) is 30.3 Å². The van der Waals surface area contributed by atoms with E-state index in [-0.39, 0.29) is 35.8 Å². The molecule has 2 N–H and O–H groups in total. The minimum absolute atomic E-state index is 0.00705. The summed E-state index contributed by atoms with van der Waals surface area (Å²) in [6, 6.07) is 15.9. The first-order chi connectivity index (χ1) is 17.7. The Morgan fingerprint density at radius 2 is 1.86 bits per heavy atom. The van der Waals surface area contributed by atoms with E-state index in [1.165, 1.54) is 0 Å². The average Bonchev–Trinajstić information content (AvgIpc) is 3.49. The van der Waals surface area contributed by atoms with Gasteiger partial charge in [-0.25, -0.2) is 0 Å². The molecule has 12 heteroatoms. The molecule has 5 rings (SSSR count). The van der Waals surface area contributed by atoms with Crippen molar-refractivity contribution in [1.82, 2.24) is 15.1 Å². The summed E-state index contributed by atoms with van der Waals surface area (Å²) in [6.07, 6.45) is -4.09. The molecule has 1 aromatic heterocycles. The highest BCUT2D eigenvalue weighted by Crippen LogP contribution is 2.32. The van der Waals surface area contributed by atoms with Gasteiger partial charge in [0.15, 0.2) is 11.6 Å². The molecule has 2 amide bonds. The third-order valence-electron chi connectivity index (χ3n) is 6.08. The number of nitrogens with one attached hydrogen (secondary N) is 2. The average molecular weight is 513 g/mol. The summed E-state index contributed by atoms with van der Waals surface area (Å²) >= 11 is 0. The van der Waals surface area contributed by atoms with Gasteiger partial charge < -0.3 is 20.1 Å². The van der Waals surface area contributed by atoms with Gasteiger partial charge in [0.05, 0.1) is 30.6 Å². The second-order valence-electron chi connectivity index (χ2n) is 8.71. The van der Waals surface area contributed by atoms with E-state index >= 15 is 0 Å². The molecule has 2 atom stereocenters. The Kier molecular flexibility index (Phi) is 6.76. The van der Waals surface area contributed by atoms with Crippen LogP contribution in [-0.2, 0) is 9.53 Å². The molecule has 2 aromatic carbocycles. The summed E-state index contributed by atoms with van der Waals surface area (Å²) in [4.78, 5) is 27.3. The number of anilines is 2. The van der Waals surface area contributed by atoms with Crippen LogP contribution in [0.5, 0.6) is 5.75 Å². The number of carbonyl (C=O) groups excluding carboxylic acids is 2. The highest BCUT2D eigenvalue weighted by Gasteiger charge is 2.39. The first-order valence-corrected chi connectivity index (χ1v) is 11.5. The lowest BCUT2D eigenvalue weighted by Crippen LogP contribution is -2.41. The number of fused-ring (bicyclic) bond motifs is 2. The molecule has 2 saturated heterocycles. The third kappa shape index (κ3) is 6.04. The Morgan fingerprint density at radius 1 is 1.05 bits per heavy atom. The van der Waals surface area contributed by atoms with E-state index in [0.29, 0.717) is 18.8 Å². The van der Waals surface area contributed by atoms with Crippen LogP contribution >= 0.6 is 0 Å². The number of morpholine rings is 1. The molecule has 37 heavy (non-hydrogen) atoms. The smallest absolute Gasteiger partial charge is 0.404 e. The van der Waals surface area contributed by atoms with Crippen molar-refractivity contribution in [2.24, 2.45) is 0 Å². The number of aromatic nitrogens is 2. The lowest BCUT2D eigenvalue weighted by molar-refractivity contribution is -0.274. The summed E-state index contributed by atoms with van der Waals surface area (Å²) in [5, 5.41) is 13.1. The maximum Gasteiger partial charge on any atom is 0.573 e. The Balaban J connectivity index is 1.29. The van der Waals surface area contributed by atoms with Crippen molar-refractivity contribution in [3.05, 3.63) is 66.2 Å². The van der Waals surface area contributed by atoms with Gasteiger partial charge in [0.25, 0.3) is 5.91 Å². The maximum atomic E-state index is 12.9. The minimum Gasteiger partial charge on any atom is -0.404 e. The van der Waals surface area contributed by atoms with Crippen LogP contribution in [0.15, 0.2) is 60.7 Å². The Bertz CT molecular complexity index is 1290. The number of hydrogen-bond acceptors (Lipinski definition) is 7. The molecular formula is C25H22F3N5O4. The van der Waals surface area contributed by atoms with Gasteiger partial charge in [0.2, 0.25) is 5.91 Å². The second-order valence-corrected chi connectivity index (χ2v) is 8.71. The number of carbonyl (C=O) groups is 2. The number of hydrogen-bond donors (Lipinski definition) is 2. The monoisotopic (exact) mass is 513 g/mol. The lowest BCUT2D eigenvalue weighted by atomic mass is 10.1. The highest BCUT2D eigenvalue weighted by atomic mass is 19.4. The fourth-order valence-electron chi connectivity index (χ4n) is 4.38. The van der Waals surface area contributed by atoms with Crippen molar-refractivity contribution in [3.8, 4) is 17.0 Å². The molecule has 2 bridgehead atoms. The molecular weight excluding hydrogens is 491 g/mol. The van der Waals surface area contributed by atoms with Gasteiger partial charge >= 0.3 is 6.36 Å². The van der Waals surface area contributed by atoms with Crippen LogP contribution in [0.25, 0.3) is 11.3 Å². The summed E-state index contributed by atoms with van der Waals surface area (Å²) in [5.41, 5.74) is 1.17. The molecule has 3 heterocycles. The van der Waals surface area contributed by atoms with Gasteiger partial charge in [0.1, 0.15) is 0 Å². The predicted molar refractivity (Wildman–Crippen MR) is 127 cm³/mol. The first kappa shape index (κ1) is 24.7. The Morgan fingerprint density at radius 3 is 2.51 bits per heavy atom. The Hall–Kier alpha value is -4.03. The SMILES string of the molecule is O=C(CN1CC2C[C@H]1CO2)Nc1cc(C(=O)Nc2ccc(-c3ccccc3)nn2)ccc1OC(F)(F)F. The summed E-state index contributed by atoms with van der Waals surface area (Å²) < 4.78 is 48.4. The van der Waals surface area contributed by atoms with E-state index in [0.717, 1.165) is 30.2 Å². The zero-order chi connectivity index (χ0) is 26.0. The fourth-order valence-corrected chi connectivity index (χ4v) is 4.38. The van der Waals surface area contributed by atoms with Gasteiger partial charge in [-0.2, -0.15) is 0 Å². The molecule has 2 fully saturated rings.